The van der Waals surface area contributed by atoms with Crippen molar-refractivity contribution in [3.05, 3.63) is 34.3 Å². The van der Waals surface area contributed by atoms with E-state index in [-0.39, 0.29) is 6.42 Å². The van der Waals surface area contributed by atoms with Gasteiger partial charge in [-0.1, -0.05) is 28.1 Å². The van der Waals surface area contributed by atoms with E-state index < -0.39 is 18.0 Å². The normalized spacial score (nSPS) is 11.8. The molecule has 0 saturated carbocycles. The van der Waals surface area contributed by atoms with Crippen LogP contribution in [0.1, 0.15) is 5.56 Å². The topological polar surface area (TPSA) is 92.4 Å². The fraction of sp³-hybridized carbons (Fsp3) is 0.200. The third-order valence-corrected chi connectivity index (χ3v) is 2.52. The SMILES string of the molecule is NC(=O)C(Cc1ccc(Br)cc1)NC(=O)O. The van der Waals surface area contributed by atoms with Crippen molar-refractivity contribution in [1.82, 2.24) is 5.32 Å². The highest BCUT2D eigenvalue weighted by molar-refractivity contribution is 9.10. The fourth-order valence-corrected chi connectivity index (χ4v) is 1.49. The molecule has 0 aliphatic rings. The standard InChI is InChI=1S/C10H11BrN2O3/c11-7-3-1-6(2-4-7)5-8(9(12)14)13-10(15)16/h1-4,8,13H,5H2,(H2,12,14)(H,15,16). The number of halogens is 1. The summed E-state index contributed by atoms with van der Waals surface area (Å²) in [5.41, 5.74) is 5.92. The maximum absolute atomic E-state index is 11.0. The monoisotopic (exact) mass is 286 g/mol. The van der Waals surface area contributed by atoms with Crippen LogP contribution < -0.4 is 11.1 Å². The molecule has 0 heterocycles. The molecule has 0 aromatic heterocycles. The van der Waals surface area contributed by atoms with Gasteiger partial charge in [0.05, 0.1) is 0 Å². The van der Waals surface area contributed by atoms with E-state index in [1.165, 1.54) is 0 Å². The first-order valence-electron chi connectivity index (χ1n) is 4.52. The van der Waals surface area contributed by atoms with Crippen molar-refractivity contribution in [3.63, 3.8) is 0 Å². The zero-order valence-electron chi connectivity index (χ0n) is 8.31. The first kappa shape index (κ1) is 12.5. The summed E-state index contributed by atoms with van der Waals surface area (Å²) in [6.45, 7) is 0. The smallest absolute Gasteiger partial charge is 0.405 e. The molecule has 1 rings (SSSR count). The molecule has 2 amide bonds. The highest BCUT2D eigenvalue weighted by Crippen LogP contribution is 2.11. The lowest BCUT2D eigenvalue weighted by atomic mass is 10.1. The molecule has 0 radical (unpaired) electrons. The van der Waals surface area contributed by atoms with Crippen LogP contribution in [0, 0.1) is 0 Å². The average Bonchev–Trinajstić information content (AvgIpc) is 2.19. The Morgan fingerprint density at radius 2 is 1.94 bits per heavy atom. The largest absolute Gasteiger partial charge is 0.465 e. The van der Waals surface area contributed by atoms with E-state index in [0.717, 1.165) is 10.0 Å². The van der Waals surface area contributed by atoms with Gasteiger partial charge in [0.2, 0.25) is 5.91 Å². The molecule has 0 saturated heterocycles. The minimum Gasteiger partial charge on any atom is -0.465 e. The molecular formula is C10H11BrN2O3. The van der Waals surface area contributed by atoms with Crippen LogP contribution in [0.4, 0.5) is 4.79 Å². The lowest BCUT2D eigenvalue weighted by molar-refractivity contribution is -0.119. The van der Waals surface area contributed by atoms with Crippen molar-refractivity contribution >= 4 is 27.9 Å². The van der Waals surface area contributed by atoms with Gasteiger partial charge in [0, 0.05) is 10.9 Å². The van der Waals surface area contributed by atoms with E-state index in [0.29, 0.717) is 0 Å². The van der Waals surface area contributed by atoms with Gasteiger partial charge in [0.1, 0.15) is 6.04 Å². The first-order valence-corrected chi connectivity index (χ1v) is 5.31. The Hall–Kier alpha value is -1.56. The predicted octanol–water partition coefficient (Wildman–Crippen LogP) is 1.11. The Labute approximate surface area is 101 Å². The van der Waals surface area contributed by atoms with E-state index in [1.54, 1.807) is 12.1 Å². The molecule has 16 heavy (non-hydrogen) atoms. The van der Waals surface area contributed by atoms with Crippen LogP contribution in [0.25, 0.3) is 0 Å². The molecule has 0 aliphatic heterocycles. The van der Waals surface area contributed by atoms with E-state index in [2.05, 4.69) is 21.2 Å². The van der Waals surface area contributed by atoms with Crippen molar-refractivity contribution in [1.29, 1.82) is 0 Å². The Morgan fingerprint density at radius 3 is 2.38 bits per heavy atom. The summed E-state index contributed by atoms with van der Waals surface area (Å²) in [6, 6.07) is 6.31. The van der Waals surface area contributed by atoms with Crippen molar-refractivity contribution in [2.75, 3.05) is 0 Å². The lowest BCUT2D eigenvalue weighted by Crippen LogP contribution is -2.45. The maximum Gasteiger partial charge on any atom is 0.405 e. The van der Waals surface area contributed by atoms with Crippen LogP contribution >= 0.6 is 15.9 Å². The van der Waals surface area contributed by atoms with Gasteiger partial charge < -0.3 is 16.2 Å². The zero-order valence-corrected chi connectivity index (χ0v) is 9.90. The molecule has 4 N–H and O–H groups in total. The number of hydrogen-bond donors (Lipinski definition) is 3. The zero-order chi connectivity index (χ0) is 12.1. The molecule has 0 spiro atoms. The van der Waals surface area contributed by atoms with Crippen molar-refractivity contribution < 1.29 is 14.7 Å². The maximum atomic E-state index is 11.0. The number of carbonyl (C=O) groups excluding carboxylic acids is 1. The van der Waals surface area contributed by atoms with Gasteiger partial charge in [-0.15, -0.1) is 0 Å². The molecule has 1 aromatic carbocycles. The number of primary amides is 1. The van der Waals surface area contributed by atoms with Crippen molar-refractivity contribution in [2.24, 2.45) is 5.73 Å². The summed E-state index contributed by atoms with van der Waals surface area (Å²) < 4.78 is 0.915. The van der Waals surface area contributed by atoms with Crippen LogP contribution in [0.5, 0.6) is 0 Å². The number of hydrogen-bond acceptors (Lipinski definition) is 2. The van der Waals surface area contributed by atoms with Crippen LogP contribution in [-0.2, 0) is 11.2 Å². The molecule has 5 nitrogen and oxygen atoms in total. The summed E-state index contributed by atoms with van der Waals surface area (Å²) in [6.07, 6.45) is -1.02. The fourth-order valence-electron chi connectivity index (χ4n) is 1.23. The van der Waals surface area contributed by atoms with Crippen LogP contribution in [0.15, 0.2) is 28.7 Å². The summed E-state index contributed by atoms with van der Waals surface area (Å²) in [5, 5.41) is 10.6. The minimum absolute atomic E-state index is 0.245. The molecule has 1 atom stereocenters. The quantitative estimate of drug-likeness (QED) is 0.774. The summed E-state index contributed by atoms with van der Waals surface area (Å²) in [4.78, 5) is 21.4. The highest BCUT2D eigenvalue weighted by Gasteiger charge is 2.17. The number of carbonyl (C=O) groups is 2. The second-order valence-electron chi connectivity index (χ2n) is 3.24. The Bertz CT molecular complexity index is 392. The second kappa shape index (κ2) is 5.50. The predicted molar refractivity (Wildman–Crippen MR) is 62.0 cm³/mol. The second-order valence-corrected chi connectivity index (χ2v) is 4.15. The molecule has 86 valence electrons. The number of nitrogens with one attached hydrogen (secondary N) is 1. The summed E-state index contributed by atoms with van der Waals surface area (Å²) in [7, 11) is 0. The van der Waals surface area contributed by atoms with Crippen LogP contribution in [0.3, 0.4) is 0 Å². The molecule has 0 aliphatic carbocycles. The van der Waals surface area contributed by atoms with Gasteiger partial charge in [-0.05, 0) is 17.7 Å². The number of nitrogens with two attached hydrogens (primary N) is 1. The molecule has 1 unspecified atom stereocenters. The summed E-state index contributed by atoms with van der Waals surface area (Å²) >= 11 is 3.28. The van der Waals surface area contributed by atoms with Crippen LogP contribution in [-0.4, -0.2) is 23.1 Å². The van der Waals surface area contributed by atoms with Gasteiger partial charge in [-0.2, -0.15) is 0 Å². The van der Waals surface area contributed by atoms with Gasteiger partial charge in [0.25, 0.3) is 0 Å². The van der Waals surface area contributed by atoms with Gasteiger partial charge in [-0.3, -0.25) is 4.79 Å². The van der Waals surface area contributed by atoms with Gasteiger partial charge in [0.15, 0.2) is 0 Å². The van der Waals surface area contributed by atoms with Gasteiger partial charge >= 0.3 is 6.09 Å². The number of rotatable bonds is 4. The van der Waals surface area contributed by atoms with E-state index >= 15 is 0 Å². The molecular weight excluding hydrogens is 276 g/mol. The molecule has 6 heteroatoms. The first-order chi connectivity index (χ1) is 7.49. The Morgan fingerprint density at radius 1 is 1.38 bits per heavy atom. The molecule has 0 fully saturated rings. The molecule has 0 bridgehead atoms. The van der Waals surface area contributed by atoms with E-state index in [4.69, 9.17) is 10.8 Å². The van der Waals surface area contributed by atoms with E-state index in [1.807, 2.05) is 12.1 Å². The van der Waals surface area contributed by atoms with E-state index in [9.17, 15) is 9.59 Å². The number of amides is 2. The van der Waals surface area contributed by atoms with Gasteiger partial charge in [-0.25, -0.2) is 4.79 Å². The van der Waals surface area contributed by atoms with Crippen molar-refractivity contribution in [3.8, 4) is 0 Å². The average molecular weight is 287 g/mol. The lowest BCUT2D eigenvalue weighted by Gasteiger charge is -2.13. The highest BCUT2D eigenvalue weighted by atomic mass is 79.9. The minimum atomic E-state index is -1.26. The summed E-state index contributed by atoms with van der Waals surface area (Å²) in [5.74, 6) is -0.690. The third kappa shape index (κ3) is 3.90. The van der Waals surface area contributed by atoms with Crippen LogP contribution in [0.2, 0.25) is 0 Å². The number of carboxylic acid groups (broad SMARTS) is 1. The third-order valence-electron chi connectivity index (χ3n) is 1.99. The molecule has 1 aromatic rings. The Balaban J connectivity index is 2.71. The number of benzene rings is 1. The van der Waals surface area contributed by atoms with Crippen molar-refractivity contribution in [2.45, 2.75) is 12.5 Å². The Kier molecular flexibility index (Phi) is 4.30.